The van der Waals surface area contributed by atoms with E-state index in [0.29, 0.717) is 18.1 Å². The second kappa shape index (κ2) is 5.63. The molecule has 0 spiro atoms. The molecule has 1 heterocycles. The molecule has 23 heavy (non-hydrogen) atoms. The summed E-state index contributed by atoms with van der Waals surface area (Å²) in [5.41, 5.74) is 4.09. The molecule has 2 aromatic rings. The molecule has 0 radical (unpaired) electrons. The van der Waals surface area contributed by atoms with Crippen molar-refractivity contribution in [3.8, 4) is 0 Å². The SMILES string of the molecule is Cn1cc2c(n1)C1(Cc3ccccc3)CCC(=O)CC1CCC2. The third kappa shape index (κ3) is 2.52. The molecule has 1 saturated carbocycles. The fourth-order valence-electron chi connectivity index (χ4n) is 4.78. The van der Waals surface area contributed by atoms with Gasteiger partial charge in [0.15, 0.2) is 0 Å². The second-order valence-corrected chi connectivity index (χ2v) is 7.33. The van der Waals surface area contributed by atoms with Crippen LogP contribution in [0.2, 0.25) is 0 Å². The van der Waals surface area contributed by atoms with Crippen molar-refractivity contribution in [3.05, 3.63) is 53.3 Å². The van der Waals surface area contributed by atoms with Crippen molar-refractivity contribution in [1.82, 2.24) is 9.78 Å². The van der Waals surface area contributed by atoms with Crippen molar-refractivity contribution < 1.29 is 4.79 Å². The third-order valence-electron chi connectivity index (χ3n) is 5.84. The van der Waals surface area contributed by atoms with E-state index in [1.807, 2.05) is 11.7 Å². The van der Waals surface area contributed by atoms with Gasteiger partial charge in [-0.1, -0.05) is 30.3 Å². The average molecular weight is 308 g/mol. The molecule has 2 unspecified atom stereocenters. The van der Waals surface area contributed by atoms with Crippen LogP contribution in [0.5, 0.6) is 0 Å². The summed E-state index contributed by atoms with van der Waals surface area (Å²) in [5, 5.41) is 4.89. The number of ketones is 1. The lowest BCUT2D eigenvalue weighted by molar-refractivity contribution is -0.123. The molecule has 0 aliphatic heterocycles. The lowest BCUT2D eigenvalue weighted by Crippen LogP contribution is -2.43. The standard InChI is InChI=1S/C20H24N2O/c1-22-14-16-8-5-9-17-12-18(23)10-11-20(17,19(16)21-22)13-15-6-3-2-4-7-15/h2-4,6-7,14,17H,5,8-13H2,1H3. The van der Waals surface area contributed by atoms with E-state index in [1.54, 1.807) is 0 Å². The largest absolute Gasteiger partial charge is 0.300 e. The van der Waals surface area contributed by atoms with Crippen molar-refractivity contribution in [1.29, 1.82) is 0 Å². The van der Waals surface area contributed by atoms with Crippen LogP contribution in [0.25, 0.3) is 0 Å². The minimum atomic E-state index is 0.0440. The highest BCUT2D eigenvalue weighted by Gasteiger charge is 2.48. The summed E-state index contributed by atoms with van der Waals surface area (Å²) in [7, 11) is 2.02. The van der Waals surface area contributed by atoms with E-state index in [9.17, 15) is 4.79 Å². The number of fused-ring (bicyclic) bond motifs is 3. The molecule has 0 N–H and O–H groups in total. The van der Waals surface area contributed by atoms with Crippen LogP contribution < -0.4 is 0 Å². The Morgan fingerprint density at radius 1 is 1.26 bits per heavy atom. The maximum absolute atomic E-state index is 12.1. The summed E-state index contributed by atoms with van der Waals surface area (Å²) in [4.78, 5) is 12.1. The minimum Gasteiger partial charge on any atom is -0.300 e. The number of Topliss-reactive ketones (excluding diaryl/α,β-unsaturated/α-hetero) is 1. The zero-order valence-electron chi connectivity index (χ0n) is 13.8. The van der Waals surface area contributed by atoms with Crippen molar-refractivity contribution >= 4 is 5.78 Å². The molecular weight excluding hydrogens is 284 g/mol. The molecule has 0 bridgehead atoms. The van der Waals surface area contributed by atoms with Gasteiger partial charge in [0.1, 0.15) is 5.78 Å². The minimum absolute atomic E-state index is 0.0440. The number of rotatable bonds is 2. The highest BCUT2D eigenvalue weighted by molar-refractivity contribution is 5.80. The number of carbonyl (C=O) groups is 1. The molecule has 0 saturated heterocycles. The summed E-state index contributed by atoms with van der Waals surface area (Å²) in [6.45, 7) is 0. The van der Waals surface area contributed by atoms with Crippen molar-refractivity contribution in [2.75, 3.05) is 0 Å². The van der Waals surface area contributed by atoms with Gasteiger partial charge in [-0.3, -0.25) is 9.48 Å². The monoisotopic (exact) mass is 308 g/mol. The van der Waals surface area contributed by atoms with Gasteiger partial charge in [0, 0.05) is 31.5 Å². The van der Waals surface area contributed by atoms with E-state index in [1.165, 1.54) is 23.2 Å². The van der Waals surface area contributed by atoms with Gasteiger partial charge >= 0.3 is 0 Å². The molecule has 0 amide bonds. The van der Waals surface area contributed by atoms with Crippen molar-refractivity contribution in [2.24, 2.45) is 13.0 Å². The van der Waals surface area contributed by atoms with E-state index >= 15 is 0 Å². The Labute approximate surface area is 137 Å². The first-order valence-electron chi connectivity index (χ1n) is 8.76. The van der Waals surface area contributed by atoms with Crippen LogP contribution in [-0.4, -0.2) is 15.6 Å². The van der Waals surface area contributed by atoms with Gasteiger partial charge < -0.3 is 0 Å². The molecule has 3 heteroatoms. The maximum atomic E-state index is 12.1. The zero-order chi connectivity index (χ0) is 15.9. The Morgan fingerprint density at radius 2 is 2.09 bits per heavy atom. The molecule has 1 aromatic heterocycles. The van der Waals surface area contributed by atoms with Gasteiger partial charge in [-0.15, -0.1) is 0 Å². The predicted octanol–water partition coefficient (Wildman–Crippen LogP) is 3.61. The summed E-state index contributed by atoms with van der Waals surface area (Å²) >= 11 is 0. The van der Waals surface area contributed by atoms with Crippen LogP contribution in [0.1, 0.15) is 48.9 Å². The third-order valence-corrected chi connectivity index (χ3v) is 5.84. The quantitative estimate of drug-likeness (QED) is 0.849. The highest BCUT2D eigenvalue weighted by atomic mass is 16.1. The molecule has 1 fully saturated rings. The van der Waals surface area contributed by atoms with Gasteiger partial charge in [0.05, 0.1) is 5.69 Å². The zero-order valence-corrected chi connectivity index (χ0v) is 13.8. The highest BCUT2D eigenvalue weighted by Crippen LogP contribution is 2.49. The Kier molecular flexibility index (Phi) is 3.59. The van der Waals surface area contributed by atoms with Crippen LogP contribution in [0, 0.1) is 5.92 Å². The normalized spacial score (nSPS) is 27.2. The fraction of sp³-hybridized carbons (Fsp3) is 0.500. The Balaban J connectivity index is 1.83. The average Bonchev–Trinajstić information content (AvgIpc) is 2.86. The molecule has 2 aliphatic rings. The second-order valence-electron chi connectivity index (χ2n) is 7.33. The van der Waals surface area contributed by atoms with Gasteiger partial charge in [-0.2, -0.15) is 5.10 Å². The number of nitrogens with zero attached hydrogens (tertiary/aromatic N) is 2. The van der Waals surface area contributed by atoms with Gasteiger partial charge in [-0.25, -0.2) is 0 Å². The number of benzene rings is 1. The first kappa shape index (κ1) is 14.7. The number of carbonyl (C=O) groups excluding carboxylic acids is 1. The van der Waals surface area contributed by atoms with E-state index in [-0.39, 0.29) is 5.41 Å². The number of hydrogen-bond acceptors (Lipinski definition) is 2. The Bertz CT molecular complexity index is 718. The summed E-state index contributed by atoms with van der Waals surface area (Å²) in [6, 6.07) is 10.7. The lowest BCUT2D eigenvalue weighted by atomic mass is 9.60. The van der Waals surface area contributed by atoms with E-state index in [0.717, 1.165) is 32.1 Å². The van der Waals surface area contributed by atoms with Crippen LogP contribution in [-0.2, 0) is 30.1 Å². The van der Waals surface area contributed by atoms with Crippen LogP contribution >= 0.6 is 0 Å². The van der Waals surface area contributed by atoms with Crippen molar-refractivity contribution in [2.45, 2.75) is 50.4 Å². The molecule has 3 nitrogen and oxygen atoms in total. The van der Waals surface area contributed by atoms with E-state index in [4.69, 9.17) is 5.10 Å². The van der Waals surface area contributed by atoms with Gasteiger partial charge in [-0.05, 0) is 49.1 Å². The van der Waals surface area contributed by atoms with Crippen LogP contribution in [0.15, 0.2) is 36.5 Å². The first-order chi connectivity index (χ1) is 11.2. The maximum Gasteiger partial charge on any atom is 0.133 e. The van der Waals surface area contributed by atoms with E-state index < -0.39 is 0 Å². The topological polar surface area (TPSA) is 34.9 Å². The first-order valence-corrected chi connectivity index (χ1v) is 8.76. The molecule has 4 rings (SSSR count). The Morgan fingerprint density at radius 3 is 2.91 bits per heavy atom. The lowest BCUT2D eigenvalue weighted by Gasteiger charge is -2.42. The van der Waals surface area contributed by atoms with Gasteiger partial charge in [0.2, 0.25) is 0 Å². The fourth-order valence-corrected chi connectivity index (χ4v) is 4.78. The Hall–Kier alpha value is -1.90. The molecule has 2 atom stereocenters. The molecular formula is C20H24N2O. The number of aryl methyl sites for hydroxylation is 2. The predicted molar refractivity (Wildman–Crippen MR) is 90.3 cm³/mol. The molecule has 2 aliphatic carbocycles. The summed E-state index contributed by atoms with van der Waals surface area (Å²) in [5.74, 6) is 0.887. The molecule has 120 valence electrons. The van der Waals surface area contributed by atoms with Crippen molar-refractivity contribution in [3.63, 3.8) is 0 Å². The summed E-state index contributed by atoms with van der Waals surface area (Å²) < 4.78 is 1.97. The molecule has 1 aromatic carbocycles. The number of aromatic nitrogens is 2. The smallest absolute Gasteiger partial charge is 0.133 e. The summed E-state index contributed by atoms with van der Waals surface area (Å²) in [6.07, 6.45) is 9.03. The van der Waals surface area contributed by atoms with Crippen LogP contribution in [0.3, 0.4) is 0 Å². The van der Waals surface area contributed by atoms with Gasteiger partial charge in [0.25, 0.3) is 0 Å². The van der Waals surface area contributed by atoms with E-state index in [2.05, 4.69) is 36.5 Å². The van der Waals surface area contributed by atoms with Crippen LogP contribution in [0.4, 0.5) is 0 Å². The number of hydrogen-bond donors (Lipinski definition) is 0.